The number of para-hydroxylation sites is 1. The summed E-state index contributed by atoms with van der Waals surface area (Å²) in [7, 11) is 3.43. The number of amides is 1. The highest BCUT2D eigenvalue weighted by atomic mass is 35.5. The second-order valence-corrected chi connectivity index (χ2v) is 5.73. The molecule has 2 aromatic heterocycles. The first kappa shape index (κ1) is 16.8. The molecule has 1 amide bonds. The molecule has 1 aromatic carbocycles. The van der Waals surface area contributed by atoms with E-state index in [4.69, 9.17) is 11.6 Å². The van der Waals surface area contributed by atoms with Gasteiger partial charge in [-0.25, -0.2) is 4.98 Å². The lowest BCUT2D eigenvalue weighted by molar-refractivity contribution is 0.0964. The van der Waals surface area contributed by atoms with Crippen LogP contribution in [0.5, 0.6) is 0 Å². The molecule has 0 aliphatic carbocycles. The van der Waals surface area contributed by atoms with Gasteiger partial charge in [0.1, 0.15) is 5.82 Å². The molecule has 25 heavy (non-hydrogen) atoms. The number of aromatic nitrogens is 3. The Morgan fingerprint density at radius 2 is 1.96 bits per heavy atom. The van der Waals surface area contributed by atoms with Crippen LogP contribution in [0.1, 0.15) is 10.4 Å². The highest BCUT2D eigenvalue weighted by Crippen LogP contribution is 2.29. The highest BCUT2D eigenvalue weighted by molar-refractivity contribution is 6.33. The molecule has 0 saturated carbocycles. The fourth-order valence-electron chi connectivity index (χ4n) is 2.31. The van der Waals surface area contributed by atoms with E-state index in [1.54, 1.807) is 42.3 Å². The zero-order chi connectivity index (χ0) is 17.8. The van der Waals surface area contributed by atoms with Crippen LogP contribution in [0.3, 0.4) is 0 Å². The first-order valence-corrected chi connectivity index (χ1v) is 7.94. The SMILES string of the molecule is CNC(=O)c1ccccc1Nc1cc(Nc2cnn(C)c2)ncc1Cl. The van der Waals surface area contributed by atoms with Gasteiger partial charge in [-0.2, -0.15) is 5.10 Å². The maximum Gasteiger partial charge on any atom is 0.253 e. The van der Waals surface area contributed by atoms with Crippen molar-refractivity contribution in [2.45, 2.75) is 0 Å². The monoisotopic (exact) mass is 356 g/mol. The van der Waals surface area contributed by atoms with Gasteiger partial charge in [-0.3, -0.25) is 9.48 Å². The minimum Gasteiger partial charge on any atom is -0.355 e. The van der Waals surface area contributed by atoms with Gasteiger partial charge in [0.15, 0.2) is 0 Å². The van der Waals surface area contributed by atoms with Crippen molar-refractivity contribution in [2.24, 2.45) is 7.05 Å². The summed E-state index contributed by atoms with van der Waals surface area (Å²) in [5, 5.41) is 13.5. The standard InChI is InChI=1S/C17H17ClN6O/c1-19-17(25)12-5-3-4-6-14(12)23-15-7-16(20-9-13(15)18)22-11-8-21-24(2)10-11/h3-10H,1-2H3,(H,19,25)(H2,20,22,23). The molecule has 0 radical (unpaired) electrons. The second-order valence-electron chi connectivity index (χ2n) is 5.33. The fraction of sp³-hybridized carbons (Fsp3) is 0.118. The Hall–Kier alpha value is -3.06. The van der Waals surface area contributed by atoms with E-state index in [0.717, 1.165) is 5.69 Å². The Kier molecular flexibility index (Phi) is 4.85. The zero-order valence-corrected chi connectivity index (χ0v) is 14.5. The molecule has 2 heterocycles. The molecule has 3 N–H and O–H groups in total. The van der Waals surface area contributed by atoms with Gasteiger partial charge in [0.2, 0.25) is 0 Å². The summed E-state index contributed by atoms with van der Waals surface area (Å²) >= 11 is 6.25. The van der Waals surface area contributed by atoms with E-state index in [9.17, 15) is 4.79 Å². The maximum absolute atomic E-state index is 12.0. The summed E-state index contributed by atoms with van der Waals surface area (Å²) in [6.45, 7) is 0. The van der Waals surface area contributed by atoms with Crippen molar-refractivity contribution in [3.05, 3.63) is 59.5 Å². The average Bonchev–Trinajstić information content (AvgIpc) is 3.02. The lowest BCUT2D eigenvalue weighted by atomic mass is 10.1. The topological polar surface area (TPSA) is 83.9 Å². The van der Waals surface area contributed by atoms with Crippen LogP contribution in [0.15, 0.2) is 48.9 Å². The smallest absolute Gasteiger partial charge is 0.253 e. The fourth-order valence-corrected chi connectivity index (χ4v) is 2.46. The average molecular weight is 357 g/mol. The van der Waals surface area contributed by atoms with Crippen molar-refractivity contribution in [1.82, 2.24) is 20.1 Å². The number of aryl methyl sites for hydroxylation is 1. The Bertz CT molecular complexity index is 908. The molecule has 3 aromatic rings. The molecule has 0 spiro atoms. The van der Waals surface area contributed by atoms with Crippen LogP contribution in [-0.2, 0) is 7.05 Å². The van der Waals surface area contributed by atoms with Crippen LogP contribution in [0.4, 0.5) is 22.9 Å². The Morgan fingerprint density at radius 3 is 2.68 bits per heavy atom. The molecule has 0 aliphatic heterocycles. The molecule has 7 nitrogen and oxygen atoms in total. The molecule has 128 valence electrons. The van der Waals surface area contributed by atoms with Gasteiger partial charge in [-0.15, -0.1) is 0 Å². The quantitative estimate of drug-likeness (QED) is 0.653. The van der Waals surface area contributed by atoms with E-state index in [1.165, 1.54) is 0 Å². The van der Waals surface area contributed by atoms with Crippen LogP contribution >= 0.6 is 11.6 Å². The number of halogens is 1. The number of rotatable bonds is 5. The summed E-state index contributed by atoms with van der Waals surface area (Å²) in [4.78, 5) is 16.3. The van der Waals surface area contributed by atoms with Gasteiger partial charge in [0.05, 0.1) is 40.0 Å². The van der Waals surface area contributed by atoms with Crippen molar-refractivity contribution in [3.8, 4) is 0 Å². The van der Waals surface area contributed by atoms with Gasteiger partial charge in [-0.1, -0.05) is 23.7 Å². The first-order valence-electron chi connectivity index (χ1n) is 7.56. The number of pyridine rings is 1. The summed E-state index contributed by atoms with van der Waals surface area (Å²) in [5.74, 6) is 0.430. The van der Waals surface area contributed by atoms with Gasteiger partial charge in [-0.05, 0) is 12.1 Å². The zero-order valence-electron chi connectivity index (χ0n) is 13.7. The van der Waals surface area contributed by atoms with Gasteiger partial charge in [0, 0.05) is 26.4 Å². The predicted molar refractivity (Wildman–Crippen MR) is 98.9 cm³/mol. The molecule has 0 aliphatic rings. The minimum absolute atomic E-state index is 0.179. The number of carbonyl (C=O) groups is 1. The third-order valence-corrected chi connectivity index (χ3v) is 3.80. The van der Waals surface area contributed by atoms with E-state index >= 15 is 0 Å². The first-order chi connectivity index (χ1) is 12.1. The number of hydrogen-bond acceptors (Lipinski definition) is 5. The van der Waals surface area contributed by atoms with Gasteiger partial charge < -0.3 is 16.0 Å². The van der Waals surface area contributed by atoms with Crippen molar-refractivity contribution >= 4 is 40.4 Å². The van der Waals surface area contributed by atoms with Crippen LogP contribution < -0.4 is 16.0 Å². The molecule has 0 saturated heterocycles. The third-order valence-electron chi connectivity index (χ3n) is 3.50. The summed E-state index contributed by atoms with van der Waals surface area (Å²) in [6.07, 6.45) is 5.08. The second kappa shape index (κ2) is 7.23. The molecule has 0 bridgehead atoms. The molecule has 3 rings (SSSR count). The van der Waals surface area contributed by atoms with E-state index in [2.05, 4.69) is 26.0 Å². The maximum atomic E-state index is 12.0. The van der Waals surface area contributed by atoms with E-state index in [1.807, 2.05) is 25.4 Å². The number of anilines is 4. The van der Waals surface area contributed by atoms with E-state index in [0.29, 0.717) is 27.8 Å². The van der Waals surface area contributed by atoms with Crippen molar-refractivity contribution in [1.29, 1.82) is 0 Å². The van der Waals surface area contributed by atoms with Gasteiger partial charge >= 0.3 is 0 Å². The lowest BCUT2D eigenvalue weighted by Gasteiger charge is -2.13. The molecular formula is C17H17ClN6O. The van der Waals surface area contributed by atoms with Crippen LogP contribution in [0.25, 0.3) is 0 Å². The molecule has 0 atom stereocenters. The minimum atomic E-state index is -0.179. The Balaban J connectivity index is 1.88. The molecule has 0 fully saturated rings. The summed E-state index contributed by atoms with van der Waals surface area (Å²) in [5.41, 5.74) is 2.63. The number of carbonyl (C=O) groups excluding carboxylic acids is 1. The highest BCUT2D eigenvalue weighted by Gasteiger charge is 2.11. The number of benzene rings is 1. The van der Waals surface area contributed by atoms with Crippen LogP contribution in [0.2, 0.25) is 5.02 Å². The van der Waals surface area contributed by atoms with E-state index < -0.39 is 0 Å². The van der Waals surface area contributed by atoms with E-state index in [-0.39, 0.29) is 5.91 Å². The third kappa shape index (κ3) is 3.89. The summed E-state index contributed by atoms with van der Waals surface area (Å²) in [6, 6.07) is 8.98. The number of nitrogens with zero attached hydrogens (tertiary/aromatic N) is 3. The Morgan fingerprint density at radius 1 is 1.16 bits per heavy atom. The molecule has 8 heteroatoms. The number of nitrogens with one attached hydrogen (secondary N) is 3. The largest absolute Gasteiger partial charge is 0.355 e. The molecular weight excluding hydrogens is 340 g/mol. The normalized spacial score (nSPS) is 10.4. The summed E-state index contributed by atoms with van der Waals surface area (Å²) < 4.78 is 1.69. The number of hydrogen-bond donors (Lipinski definition) is 3. The van der Waals surface area contributed by atoms with Crippen molar-refractivity contribution < 1.29 is 4.79 Å². The molecule has 0 unspecified atom stereocenters. The Labute approximate surface area is 150 Å². The van der Waals surface area contributed by atoms with Crippen LogP contribution in [0, 0.1) is 0 Å². The van der Waals surface area contributed by atoms with Crippen molar-refractivity contribution in [2.75, 3.05) is 17.7 Å². The lowest BCUT2D eigenvalue weighted by Crippen LogP contribution is -2.19. The van der Waals surface area contributed by atoms with Crippen LogP contribution in [-0.4, -0.2) is 27.7 Å². The van der Waals surface area contributed by atoms with Crippen molar-refractivity contribution in [3.63, 3.8) is 0 Å². The van der Waals surface area contributed by atoms with Gasteiger partial charge in [0.25, 0.3) is 5.91 Å². The predicted octanol–water partition coefficient (Wildman–Crippen LogP) is 3.32.